The number of carbonyl (C=O) groups is 2. The summed E-state index contributed by atoms with van der Waals surface area (Å²) in [4.78, 5) is 26.5. The van der Waals surface area contributed by atoms with Gasteiger partial charge in [0, 0.05) is 0 Å². The highest BCUT2D eigenvalue weighted by Crippen LogP contribution is 2.52. The Bertz CT molecular complexity index is 731. The molecule has 5 heteroatoms. The van der Waals surface area contributed by atoms with E-state index in [1.54, 1.807) is 24.3 Å². The van der Waals surface area contributed by atoms with Crippen LogP contribution in [0.5, 0.6) is 0 Å². The van der Waals surface area contributed by atoms with Crippen LogP contribution < -0.4 is 4.90 Å². The molecular formula is C16H12N2O3. The highest BCUT2D eigenvalue weighted by atomic mass is 16.5. The van der Waals surface area contributed by atoms with Crippen LogP contribution in [0.3, 0.4) is 0 Å². The van der Waals surface area contributed by atoms with Crippen LogP contribution in [0.4, 0.5) is 5.69 Å². The third-order valence-electron chi connectivity index (χ3n) is 4.58. The predicted octanol–water partition coefficient (Wildman–Crippen LogP) is 1.39. The maximum Gasteiger partial charge on any atom is 0.241 e. The lowest BCUT2D eigenvalue weighted by Crippen LogP contribution is -2.38. The Kier molecular flexibility index (Phi) is 2.23. The molecule has 2 amide bonds. The maximum atomic E-state index is 12.7. The fraction of sp³-hybridized carbons (Fsp3) is 0.312. The first kappa shape index (κ1) is 12.3. The zero-order chi connectivity index (χ0) is 14.8. The van der Waals surface area contributed by atoms with Gasteiger partial charge in [-0.15, -0.1) is 0 Å². The van der Waals surface area contributed by atoms with Crippen LogP contribution in [0, 0.1) is 23.2 Å². The van der Waals surface area contributed by atoms with E-state index < -0.39 is 17.4 Å². The summed E-state index contributed by atoms with van der Waals surface area (Å²) in [5, 5.41) is 8.82. The summed E-state index contributed by atoms with van der Waals surface area (Å²) in [5.41, 5.74) is 0.333. The normalized spacial score (nSPS) is 36.2. The fourth-order valence-electron chi connectivity index (χ4n) is 3.59. The topological polar surface area (TPSA) is 70.4 Å². The van der Waals surface area contributed by atoms with Crippen molar-refractivity contribution in [1.29, 1.82) is 5.26 Å². The number of anilines is 1. The molecule has 0 aromatic heterocycles. The Morgan fingerprint density at radius 1 is 1.24 bits per heavy atom. The van der Waals surface area contributed by atoms with E-state index in [0.717, 1.165) is 0 Å². The van der Waals surface area contributed by atoms with Crippen LogP contribution in [-0.4, -0.2) is 23.5 Å². The Morgan fingerprint density at radius 3 is 2.57 bits per heavy atom. The van der Waals surface area contributed by atoms with Crippen molar-refractivity contribution < 1.29 is 14.3 Å². The lowest BCUT2D eigenvalue weighted by atomic mass is 9.78. The van der Waals surface area contributed by atoms with Gasteiger partial charge in [-0.2, -0.15) is 5.26 Å². The molecule has 0 aliphatic carbocycles. The SMILES string of the molecule is C[C@]12C=C[C@H](O1)[C@H]1C(=O)N(c3ccc(C#N)cc3)C(=O)[C@@H]12. The van der Waals surface area contributed by atoms with Crippen molar-refractivity contribution in [2.24, 2.45) is 11.8 Å². The molecule has 104 valence electrons. The molecule has 0 N–H and O–H groups in total. The van der Waals surface area contributed by atoms with Crippen LogP contribution >= 0.6 is 0 Å². The number of carbonyl (C=O) groups excluding carboxylic acids is 2. The summed E-state index contributed by atoms with van der Waals surface area (Å²) < 4.78 is 5.77. The molecule has 2 fully saturated rings. The average Bonchev–Trinajstić information content (AvgIpc) is 3.09. The van der Waals surface area contributed by atoms with Crippen molar-refractivity contribution in [3.63, 3.8) is 0 Å². The molecule has 2 saturated heterocycles. The summed E-state index contributed by atoms with van der Waals surface area (Å²) >= 11 is 0. The second-order valence-electron chi connectivity index (χ2n) is 5.80. The van der Waals surface area contributed by atoms with Crippen molar-refractivity contribution in [3.8, 4) is 6.07 Å². The van der Waals surface area contributed by atoms with E-state index in [2.05, 4.69) is 0 Å². The average molecular weight is 280 g/mol. The summed E-state index contributed by atoms with van der Waals surface area (Å²) in [7, 11) is 0. The standard InChI is InChI=1S/C16H12N2O3/c1-16-7-6-11(21-16)12-13(16)15(20)18(14(12)19)10-4-2-9(8-17)3-5-10/h2-7,11-13H,1H3/t11-,12+,13+,16+/m0/s1. The van der Waals surface area contributed by atoms with Gasteiger partial charge in [0.25, 0.3) is 0 Å². The minimum atomic E-state index is -0.677. The van der Waals surface area contributed by atoms with Crippen LogP contribution in [0.25, 0.3) is 0 Å². The number of rotatable bonds is 1. The zero-order valence-electron chi connectivity index (χ0n) is 11.3. The predicted molar refractivity (Wildman–Crippen MR) is 73.0 cm³/mol. The van der Waals surface area contributed by atoms with Crippen molar-refractivity contribution in [2.45, 2.75) is 18.6 Å². The van der Waals surface area contributed by atoms with Gasteiger partial charge in [0.1, 0.15) is 0 Å². The number of nitriles is 1. The van der Waals surface area contributed by atoms with Crippen LogP contribution in [0.2, 0.25) is 0 Å². The summed E-state index contributed by atoms with van der Waals surface area (Å²) in [6, 6.07) is 8.50. The molecule has 1 aromatic rings. The number of benzene rings is 1. The summed E-state index contributed by atoms with van der Waals surface area (Å²) in [5.74, 6) is -1.31. The van der Waals surface area contributed by atoms with E-state index in [4.69, 9.17) is 10.00 Å². The smallest absolute Gasteiger partial charge is 0.241 e. The van der Waals surface area contributed by atoms with E-state index in [-0.39, 0.29) is 17.9 Å². The molecule has 3 aliphatic rings. The van der Waals surface area contributed by atoms with Gasteiger partial charge in [0.2, 0.25) is 11.8 Å². The van der Waals surface area contributed by atoms with Gasteiger partial charge in [-0.25, -0.2) is 4.90 Å². The molecule has 4 rings (SSSR count). The Balaban J connectivity index is 1.75. The highest BCUT2D eigenvalue weighted by molar-refractivity contribution is 6.23. The van der Waals surface area contributed by atoms with Crippen LogP contribution in [0.15, 0.2) is 36.4 Å². The Hall–Kier alpha value is -2.45. The molecule has 4 atom stereocenters. The van der Waals surface area contributed by atoms with Crippen molar-refractivity contribution >= 4 is 17.5 Å². The molecule has 3 heterocycles. The Labute approximate surface area is 121 Å². The largest absolute Gasteiger partial charge is 0.362 e. The number of nitrogens with zero attached hydrogens (tertiary/aromatic N) is 2. The van der Waals surface area contributed by atoms with Crippen LogP contribution in [0.1, 0.15) is 12.5 Å². The number of imide groups is 1. The lowest BCUT2D eigenvalue weighted by Gasteiger charge is -2.24. The lowest BCUT2D eigenvalue weighted by molar-refractivity contribution is -0.126. The van der Waals surface area contributed by atoms with E-state index in [1.807, 2.05) is 25.1 Å². The molecule has 2 bridgehead atoms. The van der Waals surface area contributed by atoms with E-state index in [9.17, 15) is 9.59 Å². The molecule has 5 nitrogen and oxygen atoms in total. The number of hydrogen-bond acceptors (Lipinski definition) is 4. The minimum absolute atomic E-state index is 0.215. The van der Waals surface area contributed by atoms with Crippen molar-refractivity contribution in [2.75, 3.05) is 4.90 Å². The second kappa shape index (κ2) is 3.80. The third kappa shape index (κ3) is 1.43. The molecule has 1 aromatic carbocycles. The summed E-state index contributed by atoms with van der Waals surface area (Å²) in [6.07, 6.45) is 3.45. The quantitative estimate of drug-likeness (QED) is 0.576. The first-order valence-electron chi connectivity index (χ1n) is 6.80. The van der Waals surface area contributed by atoms with Gasteiger partial charge in [-0.3, -0.25) is 9.59 Å². The van der Waals surface area contributed by atoms with Gasteiger partial charge >= 0.3 is 0 Å². The number of amides is 2. The highest BCUT2D eigenvalue weighted by Gasteiger charge is 2.65. The van der Waals surface area contributed by atoms with Gasteiger partial charge in [0.05, 0.1) is 40.9 Å². The first-order chi connectivity index (χ1) is 10.0. The zero-order valence-corrected chi connectivity index (χ0v) is 11.3. The summed E-state index contributed by atoms with van der Waals surface area (Å²) in [6.45, 7) is 1.85. The second-order valence-corrected chi connectivity index (χ2v) is 5.80. The maximum absolute atomic E-state index is 12.7. The van der Waals surface area contributed by atoms with Crippen molar-refractivity contribution in [1.82, 2.24) is 0 Å². The van der Waals surface area contributed by atoms with Gasteiger partial charge in [0.15, 0.2) is 0 Å². The van der Waals surface area contributed by atoms with E-state index >= 15 is 0 Å². The monoisotopic (exact) mass is 280 g/mol. The molecule has 0 radical (unpaired) electrons. The molecule has 0 spiro atoms. The molecule has 0 saturated carbocycles. The number of fused-ring (bicyclic) bond motifs is 5. The minimum Gasteiger partial charge on any atom is -0.362 e. The van der Waals surface area contributed by atoms with Gasteiger partial charge in [-0.1, -0.05) is 12.2 Å². The van der Waals surface area contributed by atoms with Crippen LogP contribution in [-0.2, 0) is 14.3 Å². The molecule has 3 aliphatic heterocycles. The van der Waals surface area contributed by atoms with E-state index in [1.165, 1.54) is 4.90 Å². The number of ether oxygens (including phenoxy) is 1. The van der Waals surface area contributed by atoms with Crippen molar-refractivity contribution in [3.05, 3.63) is 42.0 Å². The molecule has 21 heavy (non-hydrogen) atoms. The molecular weight excluding hydrogens is 268 g/mol. The Morgan fingerprint density at radius 2 is 1.95 bits per heavy atom. The first-order valence-corrected chi connectivity index (χ1v) is 6.80. The number of hydrogen-bond donors (Lipinski definition) is 0. The van der Waals surface area contributed by atoms with Gasteiger partial charge < -0.3 is 4.74 Å². The fourth-order valence-corrected chi connectivity index (χ4v) is 3.59. The van der Waals surface area contributed by atoms with E-state index in [0.29, 0.717) is 11.3 Å². The third-order valence-corrected chi connectivity index (χ3v) is 4.58. The molecule has 0 unspecified atom stereocenters. The van der Waals surface area contributed by atoms with Gasteiger partial charge in [-0.05, 0) is 31.2 Å².